The Morgan fingerprint density at radius 3 is 2.75 bits per heavy atom. The van der Waals surface area contributed by atoms with Gasteiger partial charge in [0.25, 0.3) is 0 Å². The SMILES string of the molecule is O=[N+]([O-])c1cccnc1N/N=C\c1cccn1-c1ccc(Br)cc1. The highest BCUT2D eigenvalue weighted by atomic mass is 79.9. The van der Waals surface area contributed by atoms with Gasteiger partial charge in [-0.25, -0.2) is 4.98 Å². The van der Waals surface area contributed by atoms with E-state index in [4.69, 9.17) is 0 Å². The second kappa shape index (κ2) is 7.05. The molecule has 3 rings (SSSR count). The molecule has 0 bridgehead atoms. The minimum Gasteiger partial charge on any atom is -0.316 e. The second-order valence-electron chi connectivity index (χ2n) is 4.78. The van der Waals surface area contributed by atoms with Crippen LogP contribution in [0.15, 0.2) is 70.5 Å². The quantitative estimate of drug-likeness (QED) is 0.408. The number of halogens is 1. The molecule has 0 aliphatic heterocycles. The molecule has 8 heteroatoms. The number of benzene rings is 1. The first kappa shape index (κ1) is 15.9. The summed E-state index contributed by atoms with van der Waals surface area (Å²) in [7, 11) is 0. The van der Waals surface area contributed by atoms with Crippen molar-refractivity contribution in [1.29, 1.82) is 0 Å². The van der Waals surface area contributed by atoms with Crippen molar-refractivity contribution in [2.24, 2.45) is 5.10 Å². The molecule has 0 unspecified atom stereocenters. The molecule has 1 aromatic carbocycles. The first-order valence-corrected chi connectivity index (χ1v) is 7.76. The maximum absolute atomic E-state index is 10.9. The van der Waals surface area contributed by atoms with Crippen molar-refractivity contribution in [2.45, 2.75) is 0 Å². The highest BCUT2D eigenvalue weighted by Gasteiger charge is 2.12. The Morgan fingerprint density at radius 1 is 1.21 bits per heavy atom. The Balaban J connectivity index is 1.81. The Morgan fingerprint density at radius 2 is 2.00 bits per heavy atom. The number of aromatic nitrogens is 2. The lowest BCUT2D eigenvalue weighted by molar-refractivity contribution is -0.384. The summed E-state index contributed by atoms with van der Waals surface area (Å²) >= 11 is 3.41. The summed E-state index contributed by atoms with van der Waals surface area (Å²) < 4.78 is 2.95. The molecular formula is C16H12BrN5O2. The molecule has 0 saturated heterocycles. The minimum atomic E-state index is -0.505. The third-order valence-electron chi connectivity index (χ3n) is 3.24. The fourth-order valence-electron chi connectivity index (χ4n) is 2.13. The summed E-state index contributed by atoms with van der Waals surface area (Å²) in [5, 5.41) is 15.0. The van der Waals surface area contributed by atoms with E-state index in [0.29, 0.717) is 0 Å². The van der Waals surface area contributed by atoms with Gasteiger partial charge in [0.05, 0.1) is 16.8 Å². The Labute approximate surface area is 145 Å². The van der Waals surface area contributed by atoms with Gasteiger partial charge in [0, 0.05) is 28.6 Å². The molecule has 120 valence electrons. The van der Waals surface area contributed by atoms with Crippen LogP contribution in [0.3, 0.4) is 0 Å². The predicted molar refractivity (Wildman–Crippen MR) is 95.6 cm³/mol. The molecule has 0 radical (unpaired) electrons. The van der Waals surface area contributed by atoms with Gasteiger partial charge < -0.3 is 4.57 Å². The molecule has 0 atom stereocenters. The van der Waals surface area contributed by atoms with Gasteiger partial charge in [-0.15, -0.1) is 0 Å². The van der Waals surface area contributed by atoms with E-state index in [0.717, 1.165) is 15.9 Å². The van der Waals surface area contributed by atoms with Gasteiger partial charge in [0.2, 0.25) is 5.82 Å². The summed E-state index contributed by atoms with van der Waals surface area (Å²) in [5.74, 6) is 0.0977. The largest absolute Gasteiger partial charge is 0.316 e. The van der Waals surface area contributed by atoms with Crippen molar-refractivity contribution in [3.8, 4) is 5.69 Å². The van der Waals surface area contributed by atoms with Crippen LogP contribution in [0, 0.1) is 10.1 Å². The summed E-state index contributed by atoms with van der Waals surface area (Å²) in [6.45, 7) is 0. The first-order chi connectivity index (χ1) is 11.6. The van der Waals surface area contributed by atoms with Crippen LogP contribution in [0.4, 0.5) is 11.5 Å². The average molecular weight is 386 g/mol. The topological polar surface area (TPSA) is 85.3 Å². The maximum Gasteiger partial charge on any atom is 0.313 e. The van der Waals surface area contributed by atoms with Gasteiger partial charge in [0.15, 0.2) is 0 Å². The van der Waals surface area contributed by atoms with E-state index in [2.05, 4.69) is 31.4 Å². The molecule has 2 heterocycles. The standard InChI is InChI=1S/C16H12BrN5O2/c17-12-5-7-13(8-6-12)21-10-2-3-14(21)11-19-20-16-15(22(23)24)4-1-9-18-16/h1-11H,(H,18,20)/b19-11-. The summed E-state index contributed by atoms with van der Waals surface area (Å²) in [4.78, 5) is 14.4. The zero-order chi connectivity index (χ0) is 16.9. The zero-order valence-electron chi connectivity index (χ0n) is 12.3. The number of hydrogen-bond acceptors (Lipinski definition) is 5. The smallest absolute Gasteiger partial charge is 0.313 e. The number of nitrogens with zero attached hydrogens (tertiary/aromatic N) is 4. The van der Waals surface area contributed by atoms with Crippen LogP contribution in [0.2, 0.25) is 0 Å². The predicted octanol–water partition coefficient (Wildman–Crippen LogP) is 3.99. The van der Waals surface area contributed by atoms with Crippen molar-refractivity contribution in [1.82, 2.24) is 9.55 Å². The van der Waals surface area contributed by atoms with Gasteiger partial charge in [0.1, 0.15) is 0 Å². The third kappa shape index (κ3) is 3.49. The number of hydrazone groups is 1. The Hall–Kier alpha value is -3.00. The molecule has 7 nitrogen and oxygen atoms in total. The molecule has 0 saturated carbocycles. The van der Waals surface area contributed by atoms with Gasteiger partial charge in [-0.2, -0.15) is 5.10 Å². The van der Waals surface area contributed by atoms with Gasteiger partial charge in [-0.3, -0.25) is 15.5 Å². The highest BCUT2D eigenvalue weighted by molar-refractivity contribution is 9.10. The average Bonchev–Trinajstić information content (AvgIpc) is 3.04. The number of nitrogens with one attached hydrogen (secondary N) is 1. The first-order valence-electron chi connectivity index (χ1n) is 6.97. The number of hydrogen-bond donors (Lipinski definition) is 1. The number of nitro groups is 1. The molecule has 0 fully saturated rings. The van der Waals surface area contributed by atoms with Gasteiger partial charge >= 0.3 is 5.69 Å². The molecule has 1 N–H and O–H groups in total. The van der Waals surface area contributed by atoms with Crippen molar-refractivity contribution in [2.75, 3.05) is 5.43 Å². The van der Waals surface area contributed by atoms with Crippen LogP contribution >= 0.6 is 15.9 Å². The summed E-state index contributed by atoms with van der Waals surface area (Å²) in [6, 6.07) is 14.5. The molecule has 0 amide bonds. The summed E-state index contributed by atoms with van der Waals surface area (Å²) in [5.41, 5.74) is 4.29. The lowest BCUT2D eigenvalue weighted by Crippen LogP contribution is -2.01. The number of pyridine rings is 1. The zero-order valence-corrected chi connectivity index (χ0v) is 13.9. The fraction of sp³-hybridized carbons (Fsp3) is 0. The lowest BCUT2D eigenvalue weighted by atomic mass is 10.3. The number of rotatable bonds is 5. The molecule has 3 aromatic rings. The van der Waals surface area contributed by atoms with Crippen molar-refractivity contribution in [3.63, 3.8) is 0 Å². The van der Waals surface area contributed by atoms with E-state index in [1.54, 1.807) is 6.21 Å². The van der Waals surface area contributed by atoms with Crippen LogP contribution in [-0.2, 0) is 0 Å². The van der Waals surface area contributed by atoms with Gasteiger partial charge in [-0.05, 0) is 42.5 Å². The van der Waals surface area contributed by atoms with Crippen LogP contribution in [0.5, 0.6) is 0 Å². The van der Waals surface area contributed by atoms with E-state index < -0.39 is 4.92 Å². The van der Waals surface area contributed by atoms with E-state index in [-0.39, 0.29) is 11.5 Å². The lowest BCUT2D eigenvalue weighted by Gasteiger charge is -2.06. The van der Waals surface area contributed by atoms with E-state index >= 15 is 0 Å². The molecule has 0 aliphatic rings. The van der Waals surface area contributed by atoms with Crippen molar-refractivity contribution < 1.29 is 4.92 Å². The molecule has 0 aliphatic carbocycles. The van der Waals surface area contributed by atoms with Crippen LogP contribution in [0.25, 0.3) is 5.69 Å². The normalized spacial score (nSPS) is 10.9. The van der Waals surface area contributed by atoms with Gasteiger partial charge in [-0.1, -0.05) is 15.9 Å². The number of anilines is 1. The second-order valence-corrected chi connectivity index (χ2v) is 5.69. The summed E-state index contributed by atoms with van der Waals surface area (Å²) in [6.07, 6.45) is 4.96. The molecular weight excluding hydrogens is 374 g/mol. The van der Waals surface area contributed by atoms with Crippen LogP contribution in [0.1, 0.15) is 5.69 Å². The van der Waals surface area contributed by atoms with Crippen molar-refractivity contribution in [3.05, 3.63) is 81.2 Å². The Kier molecular flexibility index (Phi) is 4.66. The third-order valence-corrected chi connectivity index (χ3v) is 3.76. The maximum atomic E-state index is 10.9. The van der Waals surface area contributed by atoms with E-state index in [9.17, 15) is 10.1 Å². The van der Waals surface area contributed by atoms with E-state index in [1.807, 2.05) is 47.2 Å². The fourth-order valence-corrected chi connectivity index (χ4v) is 2.39. The molecule has 24 heavy (non-hydrogen) atoms. The van der Waals surface area contributed by atoms with Crippen molar-refractivity contribution >= 4 is 33.6 Å². The molecule has 0 spiro atoms. The van der Waals surface area contributed by atoms with Crippen LogP contribution in [-0.4, -0.2) is 20.7 Å². The highest BCUT2D eigenvalue weighted by Crippen LogP contribution is 2.20. The monoisotopic (exact) mass is 385 g/mol. The van der Waals surface area contributed by atoms with E-state index in [1.165, 1.54) is 18.3 Å². The van der Waals surface area contributed by atoms with Crippen LogP contribution < -0.4 is 5.43 Å². The minimum absolute atomic E-state index is 0.0977. The molecule has 2 aromatic heterocycles. The Bertz CT molecular complexity index is 889.